The minimum Gasteiger partial charge on any atom is -0.352 e. The van der Waals surface area contributed by atoms with Gasteiger partial charge in [-0.25, -0.2) is 4.39 Å². The number of amides is 1. The van der Waals surface area contributed by atoms with Gasteiger partial charge in [0.05, 0.1) is 17.8 Å². The van der Waals surface area contributed by atoms with E-state index in [0.717, 1.165) is 0 Å². The Morgan fingerprint density at radius 2 is 1.54 bits per heavy atom. The summed E-state index contributed by atoms with van der Waals surface area (Å²) in [6.45, 7) is 2.81. The van der Waals surface area contributed by atoms with Gasteiger partial charge in [-0.3, -0.25) is 19.2 Å². The molecular weight excluding hydrogens is 471 g/mol. The van der Waals surface area contributed by atoms with Gasteiger partial charge in [0.1, 0.15) is 11.2 Å². The highest BCUT2D eigenvalue weighted by atomic mass is 19.1. The molecule has 3 atom stereocenters. The Bertz CT molecular complexity index is 1520. The Morgan fingerprint density at radius 1 is 0.892 bits per heavy atom. The van der Waals surface area contributed by atoms with Crippen LogP contribution in [0.3, 0.4) is 0 Å². The van der Waals surface area contributed by atoms with Gasteiger partial charge in [-0.1, -0.05) is 60.7 Å². The Balaban J connectivity index is 1.67. The summed E-state index contributed by atoms with van der Waals surface area (Å²) in [7, 11) is 0. The largest absolute Gasteiger partial charge is 0.352 e. The highest BCUT2D eigenvalue weighted by Gasteiger charge is 2.71. The number of nitrogens with zero attached hydrogens (tertiary/aromatic N) is 1. The van der Waals surface area contributed by atoms with Crippen LogP contribution in [0, 0.1) is 11.2 Å². The standard InChI is InChI=1S/C30H23FN2O4/c1-16(34)27-26(20-10-5-6-11-22(20)31)30(28(36)18-8-3-4-9-19(18)29(30)37)25-15-14-21-23(32-17(2)35)12-7-13-24(21)33(25)27/h3-15,25-27H,1-2H3,(H,32,35)/t25-,26-,27-/m0/s1. The van der Waals surface area contributed by atoms with Crippen molar-refractivity contribution in [1.82, 2.24) is 0 Å². The molecule has 37 heavy (non-hydrogen) atoms. The molecule has 1 aliphatic carbocycles. The third-order valence-corrected chi connectivity index (χ3v) is 7.81. The molecule has 2 aliphatic heterocycles. The number of carbonyl (C=O) groups is 4. The van der Waals surface area contributed by atoms with Crippen LogP contribution in [-0.2, 0) is 9.59 Å². The molecule has 7 heteroatoms. The van der Waals surface area contributed by atoms with Crippen LogP contribution >= 0.6 is 0 Å². The maximum atomic E-state index is 15.5. The van der Waals surface area contributed by atoms with Gasteiger partial charge in [-0.2, -0.15) is 0 Å². The molecule has 1 N–H and O–H groups in total. The molecule has 184 valence electrons. The van der Waals surface area contributed by atoms with E-state index < -0.39 is 40.8 Å². The Labute approximate surface area is 212 Å². The summed E-state index contributed by atoms with van der Waals surface area (Å²) in [6.07, 6.45) is 3.51. The zero-order chi connectivity index (χ0) is 26.1. The lowest BCUT2D eigenvalue weighted by atomic mass is 9.64. The molecule has 3 aromatic carbocycles. The number of hydrogen-bond donors (Lipinski definition) is 1. The smallest absolute Gasteiger partial charge is 0.221 e. The van der Waals surface area contributed by atoms with E-state index in [2.05, 4.69) is 5.32 Å². The van der Waals surface area contributed by atoms with Gasteiger partial charge < -0.3 is 10.2 Å². The van der Waals surface area contributed by atoms with Gasteiger partial charge in [0, 0.05) is 35.2 Å². The molecule has 2 heterocycles. The molecule has 3 aromatic rings. The Hall–Kier alpha value is -4.39. The van der Waals surface area contributed by atoms with Crippen molar-refractivity contribution in [2.75, 3.05) is 10.2 Å². The summed E-state index contributed by atoms with van der Waals surface area (Å²) >= 11 is 0. The molecule has 3 aliphatic rings. The van der Waals surface area contributed by atoms with Gasteiger partial charge in [0.2, 0.25) is 5.91 Å². The fraction of sp³-hybridized carbons (Fsp3) is 0.200. The lowest BCUT2D eigenvalue weighted by Gasteiger charge is -2.37. The zero-order valence-electron chi connectivity index (χ0n) is 20.2. The molecule has 0 unspecified atom stereocenters. The van der Waals surface area contributed by atoms with Crippen LogP contribution in [0.25, 0.3) is 6.08 Å². The van der Waals surface area contributed by atoms with Crippen LogP contribution in [-0.4, -0.2) is 35.3 Å². The first-order chi connectivity index (χ1) is 17.8. The monoisotopic (exact) mass is 494 g/mol. The van der Waals surface area contributed by atoms with E-state index in [1.807, 2.05) is 0 Å². The van der Waals surface area contributed by atoms with Crippen molar-refractivity contribution in [3.05, 3.63) is 101 Å². The fourth-order valence-corrected chi connectivity index (χ4v) is 6.52. The first kappa shape index (κ1) is 23.0. The van der Waals surface area contributed by atoms with Crippen LogP contribution in [0.15, 0.2) is 72.8 Å². The summed E-state index contributed by atoms with van der Waals surface area (Å²) in [6, 6.07) is 16.1. The van der Waals surface area contributed by atoms with Crippen molar-refractivity contribution in [1.29, 1.82) is 0 Å². The lowest BCUT2D eigenvalue weighted by molar-refractivity contribution is -0.118. The normalized spacial score (nSPS) is 22.6. The maximum Gasteiger partial charge on any atom is 0.221 e. The average Bonchev–Trinajstić information content (AvgIpc) is 3.31. The third kappa shape index (κ3) is 2.97. The number of anilines is 2. The second-order valence-electron chi connectivity index (χ2n) is 9.76. The zero-order valence-corrected chi connectivity index (χ0v) is 20.2. The first-order valence-electron chi connectivity index (χ1n) is 12.1. The highest BCUT2D eigenvalue weighted by Crippen LogP contribution is 2.61. The molecule has 1 saturated heterocycles. The van der Waals surface area contributed by atoms with Crippen molar-refractivity contribution in [2.45, 2.75) is 31.8 Å². The lowest BCUT2D eigenvalue weighted by Crippen LogP contribution is -2.48. The molecule has 1 spiro atoms. The molecule has 6 nitrogen and oxygen atoms in total. The van der Waals surface area contributed by atoms with Crippen molar-refractivity contribution in [2.24, 2.45) is 5.41 Å². The second-order valence-corrected chi connectivity index (χ2v) is 9.76. The van der Waals surface area contributed by atoms with E-state index in [0.29, 0.717) is 16.9 Å². The van der Waals surface area contributed by atoms with Crippen LogP contribution < -0.4 is 10.2 Å². The number of ketones is 3. The molecular formula is C30H23FN2O4. The number of carbonyl (C=O) groups excluding carboxylic acids is 4. The molecule has 0 aromatic heterocycles. The molecule has 6 rings (SSSR count). The van der Waals surface area contributed by atoms with Gasteiger partial charge >= 0.3 is 0 Å². The number of rotatable bonds is 3. The summed E-state index contributed by atoms with van der Waals surface area (Å²) in [4.78, 5) is 55.7. The number of hydrogen-bond acceptors (Lipinski definition) is 5. The molecule has 1 fully saturated rings. The van der Waals surface area contributed by atoms with Gasteiger partial charge in [0.25, 0.3) is 0 Å². The predicted octanol–water partition coefficient (Wildman–Crippen LogP) is 4.81. The quantitative estimate of drug-likeness (QED) is 0.529. The third-order valence-electron chi connectivity index (χ3n) is 7.81. The highest BCUT2D eigenvalue weighted by molar-refractivity contribution is 6.32. The fourth-order valence-electron chi connectivity index (χ4n) is 6.52. The van der Waals surface area contributed by atoms with Gasteiger partial charge in [0.15, 0.2) is 17.3 Å². The minimum atomic E-state index is -1.74. The van der Waals surface area contributed by atoms with E-state index in [9.17, 15) is 19.2 Å². The second kappa shape index (κ2) is 8.06. The summed E-state index contributed by atoms with van der Waals surface area (Å²) in [5.74, 6) is -3.02. The predicted molar refractivity (Wildman–Crippen MR) is 137 cm³/mol. The topological polar surface area (TPSA) is 83.6 Å². The maximum absolute atomic E-state index is 15.5. The first-order valence-corrected chi connectivity index (χ1v) is 12.1. The van der Waals surface area contributed by atoms with Crippen molar-refractivity contribution in [3.63, 3.8) is 0 Å². The van der Waals surface area contributed by atoms with Crippen LogP contribution in [0.1, 0.15) is 51.6 Å². The Kier molecular flexibility index (Phi) is 5.02. The molecule has 0 radical (unpaired) electrons. The molecule has 0 saturated carbocycles. The van der Waals surface area contributed by atoms with E-state index in [1.165, 1.54) is 19.9 Å². The minimum absolute atomic E-state index is 0.152. The number of nitrogens with one attached hydrogen (secondary N) is 1. The number of fused-ring (bicyclic) bond motifs is 5. The van der Waals surface area contributed by atoms with Gasteiger partial charge in [-0.05, 0) is 30.7 Å². The molecule has 0 bridgehead atoms. The van der Waals surface area contributed by atoms with Crippen molar-refractivity contribution >= 4 is 40.7 Å². The summed E-state index contributed by atoms with van der Waals surface area (Å²) < 4.78 is 15.5. The van der Waals surface area contributed by atoms with Crippen LogP contribution in [0.2, 0.25) is 0 Å². The van der Waals surface area contributed by atoms with E-state index in [1.54, 1.807) is 77.7 Å². The SMILES string of the molecule is CC(=O)Nc1cccc2c1C=C[C@@H]1N2[C@@H](C(C)=O)[C@H](c2ccccc2F)C12C(=O)c1ccccc1C2=O. The number of benzene rings is 3. The van der Waals surface area contributed by atoms with Crippen LogP contribution in [0.5, 0.6) is 0 Å². The van der Waals surface area contributed by atoms with E-state index >= 15 is 4.39 Å². The number of halogens is 1. The van der Waals surface area contributed by atoms with Crippen molar-refractivity contribution in [3.8, 4) is 0 Å². The summed E-state index contributed by atoms with van der Waals surface area (Å²) in [5, 5.41) is 2.81. The summed E-state index contributed by atoms with van der Waals surface area (Å²) in [5.41, 5.74) is 0.764. The Morgan fingerprint density at radius 3 is 2.16 bits per heavy atom. The van der Waals surface area contributed by atoms with E-state index in [4.69, 9.17) is 0 Å². The van der Waals surface area contributed by atoms with Gasteiger partial charge in [-0.15, -0.1) is 0 Å². The van der Waals surface area contributed by atoms with E-state index in [-0.39, 0.29) is 28.4 Å². The van der Waals surface area contributed by atoms with Crippen LogP contribution in [0.4, 0.5) is 15.8 Å². The van der Waals surface area contributed by atoms with Crippen molar-refractivity contribution < 1.29 is 23.6 Å². The number of Topliss-reactive ketones (excluding diaryl/α,β-unsaturated/α-hetero) is 3. The molecule has 1 amide bonds. The average molecular weight is 495 g/mol.